The first-order valence-electron chi connectivity index (χ1n) is 10.0. The maximum absolute atomic E-state index is 9.70. The topological polar surface area (TPSA) is 62.7 Å². The minimum Gasteiger partial charge on any atom is -0.333 e. The fraction of sp³-hybridized carbons (Fsp3) is 0.0741. The summed E-state index contributed by atoms with van der Waals surface area (Å²) in [6.07, 6.45) is 3.77. The predicted octanol–water partition coefficient (Wildman–Crippen LogP) is 6.26. The average molecular weight is 403 g/mol. The Labute approximate surface area is 181 Å². The Bertz CT molecular complexity index is 1190. The van der Waals surface area contributed by atoms with Crippen LogP contribution in [0.5, 0.6) is 0 Å². The van der Waals surface area contributed by atoms with Crippen LogP contribution in [0.15, 0.2) is 107 Å². The molecule has 0 fully saturated rings. The number of aromatic nitrogens is 2. The van der Waals surface area contributed by atoms with Gasteiger partial charge in [-0.1, -0.05) is 102 Å². The molecule has 0 saturated heterocycles. The highest BCUT2D eigenvalue weighted by molar-refractivity contribution is 5.75. The van der Waals surface area contributed by atoms with Gasteiger partial charge in [-0.05, 0) is 35.3 Å². The summed E-state index contributed by atoms with van der Waals surface area (Å²) in [7, 11) is 0. The van der Waals surface area contributed by atoms with Gasteiger partial charge in [0.2, 0.25) is 0 Å². The van der Waals surface area contributed by atoms with Gasteiger partial charge in [0.1, 0.15) is 11.6 Å². The van der Waals surface area contributed by atoms with Crippen molar-refractivity contribution in [3.8, 4) is 6.07 Å². The molecule has 150 valence electrons. The lowest BCUT2D eigenvalue weighted by molar-refractivity contribution is 0.400. The van der Waals surface area contributed by atoms with Gasteiger partial charge >= 0.3 is 0 Å². The van der Waals surface area contributed by atoms with E-state index in [0.717, 1.165) is 22.3 Å². The molecule has 0 spiro atoms. The van der Waals surface area contributed by atoms with Crippen molar-refractivity contribution >= 4 is 11.6 Å². The molecule has 0 saturated carbocycles. The van der Waals surface area contributed by atoms with E-state index >= 15 is 0 Å². The predicted molar refractivity (Wildman–Crippen MR) is 122 cm³/mol. The molecule has 1 aromatic heterocycles. The summed E-state index contributed by atoms with van der Waals surface area (Å²) in [5.74, 6) is 0.564. The van der Waals surface area contributed by atoms with Crippen molar-refractivity contribution in [2.45, 2.75) is 12.8 Å². The Morgan fingerprint density at radius 3 is 1.97 bits per heavy atom. The van der Waals surface area contributed by atoms with Crippen molar-refractivity contribution in [1.82, 2.24) is 10.1 Å². The van der Waals surface area contributed by atoms with E-state index in [1.54, 1.807) is 6.08 Å². The normalized spacial score (nSPS) is 12.0. The fourth-order valence-corrected chi connectivity index (χ4v) is 3.47. The number of benzene rings is 3. The quantitative estimate of drug-likeness (QED) is 0.281. The third-order valence-electron chi connectivity index (χ3n) is 4.88. The van der Waals surface area contributed by atoms with Crippen molar-refractivity contribution in [2.24, 2.45) is 0 Å². The van der Waals surface area contributed by atoms with E-state index in [1.165, 1.54) is 0 Å². The highest BCUT2D eigenvalue weighted by Crippen LogP contribution is 2.30. The van der Waals surface area contributed by atoms with Gasteiger partial charge in [-0.3, -0.25) is 0 Å². The van der Waals surface area contributed by atoms with Gasteiger partial charge in [-0.15, -0.1) is 0 Å². The van der Waals surface area contributed by atoms with Crippen LogP contribution in [-0.2, 0) is 0 Å². The maximum Gasteiger partial charge on any atom is 0.268 e. The van der Waals surface area contributed by atoms with Crippen LogP contribution in [0.2, 0.25) is 0 Å². The molecular weight excluding hydrogens is 382 g/mol. The zero-order valence-corrected chi connectivity index (χ0v) is 17.1. The van der Waals surface area contributed by atoms with Gasteiger partial charge in [0.25, 0.3) is 5.89 Å². The standard InChI is InChI=1S/C27H21N3O/c1-20(17-21-11-5-2-6-12-21)18-24(19-28)27-29-26(30-31-27)25(22-13-7-3-8-14-22)23-15-9-4-10-16-23/h2-18,25H,1H3/b20-17+,24-18+. The molecule has 0 N–H and O–H groups in total. The van der Waals surface area contributed by atoms with Gasteiger partial charge in [0.05, 0.1) is 5.92 Å². The molecule has 0 atom stereocenters. The fourth-order valence-electron chi connectivity index (χ4n) is 3.47. The van der Waals surface area contributed by atoms with Crippen LogP contribution in [-0.4, -0.2) is 10.1 Å². The number of hydrogen-bond donors (Lipinski definition) is 0. The number of hydrogen-bond acceptors (Lipinski definition) is 4. The van der Waals surface area contributed by atoms with Crippen LogP contribution in [0, 0.1) is 11.3 Å². The summed E-state index contributed by atoms with van der Waals surface area (Å²) in [4.78, 5) is 4.60. The molecule has 0 aliphatic carbocycles. The summed E-state index contributed by atoms with van der Waals surface area (Å²) < 4.78 is 5.51. The van der Waals surface area contributed by atoms with Gasteiger partial charge in [0.15, 0.2) is 5.82 Å². The highest BCUT2D eigenvalue weighted by Gasteiger charge is 2.23. The molecule has 0 bridgehead atoms. The Kier molecular flexibility index (Phi) is 6.16. The highest BCUT2D eigenvalue weighted by atomic mass is 16.5. The SMILES string of the molecule is CC(=C\c1ccccc1)/C=C(\C#N)c1nc(C(c2ccccc2)c2ccccc2)no1. The molecule has 31 heavy (non-hydrogen) atoms. The van der Waals surface area contributed by atoms with E-state index in [2.05, 4.69) is 16.2 Å². The van der Waals surface area contributed by atoms with Crippen molar-refractivity contribution in [3.63, 3.8) is 0 Å². The van der Waals surface area contributed by atoms with Crippen LogP contribution in [0.3, 0.4) is 0 Å². The van der Waals surface area contributed by atoms with Gasteiger partial charge in [-0.25, -0.2) is 0 Å². The molecule has 4 heteroatoms. The summed E-state index contributed by atoms with van der Waals surface area (Å²) >= 11 is 0. The molecule has 0 aliphatic heterocycles. The number of rotatable bonds is 6. The van der Waals surface area contributed by atoms with Crippen LogP contribution >= 0.6 is 0 Å². The molecule has 4 aromatic rings. The Morgan fingerprint density at radius 2 is 1.42 bits per heavy atom. The monoisotopic (exact) mass is 403 g/mol. The summed E-state index contributed by atoms with van der Waals surface area (Å²) in [6.45, 7) is 1.94. The molecule has 3 aromatic carbocycles. The van der Waals surface area contributed by atoms with E-state index in [0.29, 0.717) is 11.4 Å². The minimum absolute atomic E-state index is 0.180. The Hall–Kier alpha value is -4.23. The lowest BCUT2D eigenvalue weighted by Crippen LogP contribution is -2.05. The number of nitriles is 1. The molecule has 4 nitrogen and oxygen atoms in total. The lowest BCUT2D eigenvalue weighted by Gasteiger charge is -2.14. The lowest BCUT2D eigenvalue weighted by atomic mass is 9.91. The van der Waals surface area contributed by atoms with Gasteiger partial charge in [0, 0.05) is 0 Å². The van der Waals surface area contributed by atoms with E-state index in [-0.39, 0.29) is 11.8 Å². The molecule has 1 heterocycles. The Balaban J connectivity index is 1.69. The first kappa shape index (κ1) is 20.1. The van der Waals surface area contributed by atoms with Crippen molar-refractivity contribution < 1.29 is 4.52 Å². The third kappa shape index (κ3) is 4.85. The van der Waals surface area contributed by atoms with Crippen LogP contribution in [0.1, 0.15) is 41.2 Å². The van der Waals surface area contributed by atoms with E-state index in [1.807, 2.05) is 104 Å². The second kappa shape index (κ2) is 9.51. The molecule has 0 aliphatic rings. The van der Waals surface area contributed by atoms with E-state index in [4.69, 9.17) is 4.52 Å². The van der Waals surface area contributed by atoms with Crippen LogP contribution in [0.4, 0.5) is 0 Å². The maximum atomic E-state index is 9.70. The molecule has 0 amide bonds. The average Bonchev–Trinajstić information content (AvgIpc) is 3.29. The Morgan fingerprint density at radius 1 is 0.871 bits per heavy atom. The van der Waals surface area contributed by atoms with Crippen molar-refractivity contribution in [1.29, 1.82) is 5.26 Å². The summed E-state index contributed by atoms with van der Waals surface area (Å²) in [5, 5.41) is 13.9. The zero-order chi connectivity index (χ0) is 21.5. The molecule has 0 unspecified atom stereocenters. The van der Waals surface area contributed by atoms with Crippen molar-refractivity contribution in [2.75, 3.05) is 0 Å². The van der Waals surface area contributed by atoms with E-state index < -0.39 is 0 Å². The summed E-state index contributed by atoms with van der Waals surface area (Å²) in [5.41, 5.74) is 4.44. The minimum atomic E-state index is -0.180. The first-order valence-corrected chi connectivity index (χ1v) is 10.0. The molecule has 0 radical (unpaired) electrons. The third-order valence-corrected chi connectivity index (χ3v) is 4.88. The van der Waals surface area contributed by atoms with Crippen LogP contribution in [0.25, 0.3) is 11.6 Å². The molecule has 4 rings (SSSR count). The second-order valence-corrected chi connectivity index (χ2v) is 7.18. The van der Waals surface area contributed by atoms with Crippen molar-refractivity contribution in [3.05, 3.63) is 131 Å². The van der Waals surface area contributed by atoms with E-state index in [9.17, 15) is 5.26 Å². The smallest absolute Gasteiger partial charge is 0.268 e. The van der Waals surface area contributed by atoms with Crippen LogP contribution < -0.4 is 0 Å². The van der Waals surface area contributed by atoms with Gasteiger partial charge in [-0.2, -0.15) is 10.2 Å². The zero-order valence-electron chi connectivity index (χ0n) is 17.1. The number of nitrogens with zero attached hydrogens (tertiary/aromatic N) is 3. The largest absolute Gasteiger partial charge is 0.333 e. The summed E-state index contributed by atoms with van der Waals surface area (Å²) in [6, 6.07) is 32.2. The number of allylic oxidation sites excluding steroid dienone is 3. The molecular formula is C27H21N3O. The van der Waals surface area contributed by atoms with Gasteiger partial charge < -0.3 is 4.52 Å². The second-order valence-electron chi connectivity index (χ2n) is 7.18. The first-order chi connectivity index (χ1) is 15.2.